The van der Waals surface area contributed by atoms with Gasteiger partial charge in [-0.15, -0.1) is 0 Å². The van der Waals surface area contributed by atoms with E-state index in [4.69, 9.17) is 0 Å². The van der Waals surface area contributed by atoms with Gasteiger partial charge in [-0.05, 0) is 52.9 Å². The number of piperazine rings is 1. The molecule has 2 heteroatoms. The largest absolute Gasteiger partial charge is 0.293 e. The zero-order valence-corrected chi connectivity index (χ0v) is 15.8. The van der Waals surface area contributed by atoms with Gasteiger partial charge in [0.1, 0.15) is 0 Å². The topological polar surface area (TPSA) is 6.48 Å². The van der Waals surface area contributed by atoms with Crippen molar-refractivity contribution in [2.24, 2.45) is 5.41 Å². The summed E-state index contributed by atoms with van der Waals surface area (Å²) in [6.45, 7) is 21.8. The summed E-state index contributed by atoms with van der Waals surface area (Å²) in [6.07, 6.45) is 5.60. The molecule has 2 fully saturated rings. The second kappa shape index (κ2) is 5.53. The molecule has 0 spiro atoms. The fourth-order valence-corrected chi connectivity index (χ4v) is 4.32. The van der Waals surface area contributed by atoms with Crippen molar-refractivity contribution in [3.63, 3.8) is 0 Å². The van der Waals surface area contributed by atoms with Gasteiger partial charge in [0, 0.05) is 36.3 Å². The van der Waals surface area contributed by atoms with Gasteiger partial charge in [-0.1, -0.05) is 33.6 Å². The molecule has 2 unspecified atom stereocenters. The Morgan fingerprint density at radius 1 is 0.667 bits per heavy atom. The van der Waals surface area contributed by atoms with Gasteiger partial charge in [0.2, 0.25) is 0 Å². The van der Waals surface area contributed by atoms with Crippen LogP contribution in [0.4, 0.5) is 0 Å². The molecule has 0 amide bonds. The predicted octanol–water partition coefficient (Wildman–Crippen LogP) is 4.54. The summed E-state index contributed by atoms with van der Waals surface area (Å²) >= 11 is 0. The number of hydrogen-bond donors (Lipinski definition) is 0. The lowest BCUT2D eigenvalue weighted by Crippen LogP contribution is -2.70. The number of nitrogens with zero attached hydrogens (tertiary/aromatic N) is 2. The van der Waals surface area contributed by atoms with E-state index in [2.05, 4.69) is 65.2 Å². The van der Waals surface area contributed by atoms with Crippen LogP contribution in [-0.4, -0.2) is 46.1 Å². The zero-order valence-electron chi connectivity index (χ0n) is 15.8. The molecule has 2 atom stereocenters. The Morgan fingerprint density at radius 2 is 1.10 bits per heavy atom. The third-order valence-corrected chi connectivity index (χ3v) is 6.49. The van der Waals surface area contributed by atoms with E-state index in [9.17, 15) is 0 Å². The zero-order chi connectivity index (χ0) is 16.1. The smallest absolute Gasteiger partial charge is 0.0257 e. The highest BCUT2D eigenvalue weighted by Crippen LogP contribution is 2.43. The monoisotopic (exact) mass is 294 g/mol. The molecule has 2 nitrogen and oxygen atoms in total. The molecule has 0 aromatic carbocycles. The van der Waals surface area contributed by atoms with E-state index < -0.39 is 0 Å². The second-order valence-corrected chi connectivity index (χ2v) is 9.79. The summed E-state index contributed by atoms with van der Waals surface area (Å²) in [5.74, 6) is 0. The van der Waals surface area contributed by atoms with Crippen molar-refractivity contribution in [1.29, 1.82) is 0 Å². The van der Waals surface area contributed by atoms with Crippen LogP contribution in [0.25, 0.3) is 0 Å². The molecule has 124 valence electrons. The molecule has 0 N–H and O–H groups in total. The van der Waals surface area contributed by atoms with Gasteiger partial charge < -0.3 is 0 Å². The van der Waals surface area contributed by atoms with Gasteiger partial charge in [0.15, 0.2) is 0 Å². The quantitative estimate of drug-likeness (QED) is 0.700. The van der Waals surface area contributed by atoms with Crippen molar-refractivity contribution < 1.29 is 0 Å². The van der Waals surface area contributed by atoms with Crippen molar-refractivity contribution in [2.75, 3.05) is 13.1 Å². The molecule has 1 saturated carbocycles. The van der Waals surface area contributed by atoms with E-state index in [1.54, 1.807) is 0 Å². The summed E-state index contributed by atoms with van der Waals surface area (Å²) in [5.41, 5.74) is 0.883. The average molecular weight is 295 g/mol. The lowest BCUT2D eigenvalue weighted by Gasteiger charge is -2.60. The van der Waals surface area contributed by atoms with Crippen LogP contribution in [-0.2, 0) is 0 Å². The van der Waals surface area contributed by atoms with E-state index in [-0.39, 0.29) is 5.54 Å². The predicted molar refractivity (Wildman–Crippen MR) is 92.7 cm³/mol. The Kier molecular flexibility index (Phi) is 4.55. The van der Waals surface area contributed by atoms with Crippen molar-refractivity contribution in [3.8, 4) is 0 Å². The molecule has 1 aliphatic heterocycles. The molecular formula is C19H38N2. The molecule has 21 heavy (non-hydrogen) atoms. The molecule has 2 rings (SSSR count). The normalized spacial score (nSPS) is 30.3. The maximum Gasteiger partial charge on any atom is 0.0257 e. The van der Waals surface area contributed by atoms with Crippen molar-refractivity contribution in [1.82, 2.24) is 9.80 Å². The maximum atomic E-state index is 2.86. The van der Waals surface area contributed by atoms with Crippen LogP contribution in [0, 0.1) is 5.41 Å². The van der Waals surface area contributed by atoms with E-state index >= 15 is 0 Å². The second-order valence-electron chi connectivity index (χ2n) is 9.79. The fraction of sp³-hybridized carbons (Fsp3) is 1.00. The van der Waals surface area contributed by atoms with Gasteiger partial charge in [-0.3, -0.25) is 9.80 Å². The Balaban J connectivity index is 2.28. The summed E-state index contributed by atoms with van der Waals surface area (Å²) in [5, 5.41) is 0. The van der Waals surface area contributed by atoms with Crippen LogP contribution in [0.5, 0.6) is 0 Å². The van der Waals surface area contributed by atoms with Crippen molar-refractivity contribution >= 4 is 0 Å². The fourth-order valence-electron chi connectivity index (χ4n) is 4.32. The first-order chi connectivity index (χ1) is 9.46. The summed E-state index contributed by atoms with van der Waals surface area (Å²) in [7, 11) is 0. The standard InChI is InChI=1S/C19H38N2/c1-17(2,3)19(7,8)21-14-13-20(18(4,5)6)15-11-9-10-12-16(15)21/h15-16H,9-14H2,1-8H3. The molecule has 0 radical (unpaired) electrons. The van der Waals surface area contributed by atoms with E-state index in [1.165, 1.54) is 38.8 Å². The highest BCUT2D eigenvalue weighted by Gasteiger charge is 2.49. The number of rotatable bonds is 1. The summed E-state index contributed by atoms with van der Waals surface area (Å²) in [4.78, 5) is 5.66. The van der Waals surface area contributed by atoms with Gasteiger partial charge in [-0.2, -0.15) is 0 Å². The molecule has 1 saturated heterocycles. The molecule has 1 aliphatic carbocycles. The lowest BCUT2D eigenvalue weighted by atomic mass is 9.72. The van der Waals surface area contributed by atoms with Gasteiger partial charge in [-0.25, -0.2) is 0 Å². The first-order valence-corrected chi connectivity index (χ1v) is 9.00. The van der Waals surface area contributed by atoms with Crippen LogP contribution in [0.15, 0.2) is 0 Å². The Bertz CT molecular complexity index is 359. The Morgan fingerprint density at radius 3 is 1.52 bits per heavy atom. The highest BCUT2D eigenvalue weighted by molar-refractivity contribution is 5.04. The number of hydrogen-bond acceptors (Lipinski definition) is 2. The average Bonchev–Trinajstić information content (AvgIpc) is 2.34. The van der Waals surface area contributed by atoms with E-state index in [1.807, 2.05) is 0 Å². The molecule has 0 bridgehead atoms. The van der Waals surface area contributed by atoms with Gasteiger partial charge in [0.05, 0.1) is 0 Å². The maximum absolute atomic E-state index is 2.86. The minimum atomic E-state index is 0.261. The van der Waals surface area contributed by atoms with Crippen LogP contribution in [0.1, 0.15) is 81.1 Å². The summed E-state index contributed by atoms with van der Waals surface area (Å²) in [6, 6.07) is 1.51. The molecule has 2 aliphatic rings. The van der Waals surface area contributed by atoms with Crippen molar-refractivity contribution in [3.05, 3.63) is 0 Å². The van der Waals surface area contributed by atoms with E-state index in [0.717, 1.165) is 12.1 Å². The molecule has 1 heterocycles. The van der Waals surface area contributed by atoms with Crippen molar-refractivity contribution in [2.45, 2.75) is 104 Å². The third kappa shape index (κ3) is 3.17. The molecular weight excluding hydrogens is 256 g/mol. The Hall–Kier alpha value is -0.0800. The molecule has 0 aromatic heterocycles. The Labute approximate surface area is 133 Å². The minimum Gasteiger partial charge on any atom is -0.293 e. The lowest BCUT2D eigenvalue weighted by molar-refractivity contribution is -0.110. The van der Waals surface area contributed by atoms with Crippen LogP contribution in [0.3, 0.4) is 0 Å². The number of fused-ring (bicyclic) bond motifs is 1. The third-order valence-electron chi connectivity index (χ3n) is 6.49. The first kappa shape index (κ1) is 17.3. The van der Waals surface area contributed by atoms with E-state index in [0.29, 0.717) is 11.0 Å². The minimum absolute atomic E-state index is 0.261. The molecule has 0 aromatic rings. The van der Waals surface area contributed by atoms with Crippen LogP contribution in [0.2, 0.25) is 0 Å². The van der Waals surface area contributed by atoms with Gasteiger partial charge in [0.25, 0.3) is 0 Å². The van der Waals surface area contributed by atoms with Gasteiger partial charge >= 0.3 is 0 Å². The SMILES string of the molecule is CC(C)(C)N1CCN(C(C)(C)C(C)(C)C)C2CCCCC21. The highest BCUT2D eigenvalue weighted by atomic mass is 15.4. The summed E-state index contributed by atoms with van der Waals surface area (Å²) < 4.78 is 0. The van der Waals surface area contributed by atoms with Crippen LogP contribution >= 0.6 is 0 Å². The first-order valence-electron chi connectivity index (χ1n) is 9.00. The van der Waals surface area contributed by atoms with Crippen LogP contribution < -0.4 is 0 Å².